The Balaban J connectivity index is 1.50. The van der Waals surface area contributed by atoms with Gasteiger partial charge in [-0.25, -0.2) is 0 Å². The first-order valence-corrected chi connectivity index (χ1v) is 11.8. The van der Waals surface area contributed by atoms with Crippen LogP contribution in [0.5, 0.6) is 5.75 Å². The fourth-order valence-electron chi connectivity index (χ4n) is 3.07. The van der Waals surface area contributed by atoms with Crippen LogP contribution in [0.4, 0.5) is 5.69 Å². The molecule has 4 rings (SSSR count). The van der Waals surface area contributed by atoms with Crippen molar-refractivity contribution in [1.82, 2.24) is 14.8 Å². The third-order valence-corrected chi connectivity index (χ3v) is 6.19. The maximum Gasteiger partial charge on any atom is 0.234 e. The van der Waals surface area contributed by atoms with Crippen LogP contribution in [0.25, 0.3) is 5.69 Å². The lowest BCUT2D eigenvalue weighted by atomic mass is 10.2. The average molecular weight is 499 g/mol. The van der Waals surface area contributed by atoms with Gasteiger partial charge in [-0.15, -0.1) is 10.2 Å². The number of amides is 1. The molecule has 0 saturated carbocycles. The number of anilines is 1. The SMILES string of the molecule is Cc1ccc(NC(=O)CSc2nnc(COc3ccccc3Cl)n2-c2ccccc2)c(Cl)c1. The molecule has 33 heavy (non-hydrogen) atoms. The molecule has 0 unspecified atom stereocenters. The minimum Gasteiger partial charge on any atom is -0.484 e. The Morgan fingerprint density at radius 3 is 2.52 bits per heavy atom. The third-order valence-electron chi connectivity index (χ3n) is 4.64. The highest BCUT2D eigenvalue weighted by Crippen LogP contribution is 2.27. The molecule has 9 heteroatoms. The number of hydrogen-bond acceptors (Lipinski definition) is 5. The molecule has 0 fully saturated rings. The van der Waals surface area contributed by atoms with Gasteiger partial charge in [-0.2, -0.15) is 0 Å². The molecule has 0 radical (unpaired) electrons. The summed E-state index contributed by atoms with van der Waals surface area (Å²) in [5.74, 6) is 1.10. The van der Waals surface area contributed by atoms with Gasteiger partial charge < -0.3 is 10.1 Å². The van der Waals surface area contributed by atoms with Gasteiger partial charge in [0.1, 0.15) is 12.4 Å². The second-order valence-electron chi connectivity index (χ2n) is 7.11. The van der Waals surface area contributed by atoms with Crippen molar-refractivity contribution in [3.63, 3.8) is 0 Å². The molecule has 0 atom stereocenters. The van der Waals surface area contributed by atoms with Crippen molar-refractivity contribution in [2.75, 3.05) is 11.1 Å². The van der Waals surface area contributed by atoms with Crippen molar-refractivity contribution >= 4 is 46.6 Å². The first-order chi connectivity index (χ1) is 16.0. The molecule has 168 valence electrons. The summed E-state index contributed by atoms with van der Waals surface area (Å²) in [6.07, 6.45) is 0. The highest BCUT2D eigenvalue weighted by atomic mass is 35.5. The second kappa shape index (κ2) is 10.7. The van der Waals surface area contributed by atoms with E-state index < -0.39 is 0 Å². The van der Waals surface area contributed by atoms with Gasteiger partial charge >= 0.3 is 0 Å². The standard InChI is InChI=1S/C24H20Cl2N4O2S/c1-16-11-12-20(19(26)13-16)27-23(31)15-33-24-29-28-22(30(24)17-7-3-2-4-8-17)14-32-21-10-6-5-9-18(21)25/h2-13H,14-15H2,1H3,(H,27,31). The summed E-state index contributed by atoms with van der Waals surface area (Å²) < 4.78 is 7.74. The zero-order valence-corrected chi connectivity index (χ0v) is 20.0. The molecule has 0 saturated heterocycles. The van der Waals surface area contributed by atoms with Gasteiger partial charge in [0.05, 0.1) is 21.5 Å². The molecule has 0 aliphatic rings. The lowest BCUT2D eigenvalue weighted by Crippen LogP contribution is -2.15. The van der Waals surface area contributed by atoms with E-state index in [2.05, 4.69) is 15.5 Å². The quantitative estimate of drug-likeness (QED) is 0.293. The van der Waals surface area contributed by atoms with E-state index in [1.807, 2.05) is 66.1 Å². The van der Waals surface area contributed by atoms with Gasteiger partial charge in [0.15, 0.2) is 11.0 Å². The first-order valence-electron chi connectivity index (χ1n) is 10.1. The molecule has 3 aromatic carbocycles. The monoisotopic (exact) mass is 498 g/mol. The summed E-state index contributed by atoms with van der Waals surface area (Å²) >= 11 is 13.7. The number of carbonyl (C=O) groups excluding carboxylic acids is 1. The number of nitrogens with zero attached hydrogens (tertiary/aromatic N) is 3. The van der Waals surface area contributed by atoms with E-state index in [-0.39, 0.29) is 18.3 Å². The zero-order valence-electron chi connectivity index (χ0n) is 17.7. The number of benzene rings is 3. The van der Waals surface area contributed by atoms with Gasteiger partial charge in [-0.05, 0) is 48.9 Å². The summed E-state index contributed by atoms with van der Waals surface area (Å²) in [5.41, 5.74) is 2.46. The van der Waals surface area contributed by atoms with Crippen LogP contribution in [-0.4, -0.2) is 26.4 Å². The normalized spacial score (nSPS) is 10.8. The van der Waals surface area contributed by atoms with E-state index in [0.717, 1.165) is 11.3 Å². The fraction of sp³-hybridized carbons (Fsp3) is 0.125. The Morgan fingerprint density at radius 2 is 1.76 bits per heavy atom. The third kappa shape index (κ3) is 5.87. The number of hydrogen-bond donors (Lipinski definition) is 1. The number of nitrogens with one attached hydrogen (secondary N) is 1. The maximum atomic E-state index is 12.5. The molecule has 1 N–H and O–H groups in total. The van der Waals surface area contributed by atoms with E-state index in [4.69, 9.17) is 27.9 Å². The van der Waals surface area contributed by atoms with Crippen LogP contribution >= 0.6 is 35.0 Å². The number of carbonyl (C=O) groups is 1. The van der Waals surface area contributed by atoms with Crippen LogP contribution in [0, 0.1) is 6.92 Å². The lowest BCUT2D eigenvalue weighted by molar-refractivity contribution is -0.113. The van der Waals surface area contributed by atoms with Crippen molar-refractivity contribution in [3.8, 4) is 11.4 Å². The van der Waals surface area contributed by atoms with Crippen molar-refractivity contribution in [1.29, 1.82) is 0 Å². The number of para-hydroxylation sites is 2. The van der Waals surface area contributed by atoms with E-state index in [0.29, 0.717) is 32.5 Å². The molecule has 0 spiro atoms. The summed E-state index contributed by atoms with van der Waals surface area (Å²) in [6, 6.07) is 22.4. The van der Waals surface area contributed by atoms with Crippen LogP contribution in [0.15, 0.2) is 78.0 Å². The number of aryl methyl sites for hydroxylation is 1. The van der Waals surface area contributed by atoms with Crippen molar-refractivity contribution < 1.29 is 9.53 Å². The van der Waals surface area contributed by atoms with Crippen LogP contribution in [0.1, 0.15) is 11.4 Å². The van der Waals surface area contributed by atoms with Crippen LogP contribution in [0.3, 0.4) is 0 Å². The minimum absolute atomic E-state index is 0.139. The van der Waals surface area contributed by atoms with E-state index in [9.17, 15) is 4.79 Å². The second-order valence-corrected chi connectivity index (χ2v) is 8.87. The molecular formula is C24H20Cl2N4O2S. The Labute approximate surface area is 205 Å². The predicted octanol–water partition coefficient (Wildman–Crippen LogP) is 6.19. The van der Waals surface area contributed by atoms with Crippen LogP contribution < -0.4 is 10.1 Å². The maximum absolute atomic E-state index is 12.5. The highest BCUT2D eigenvalue weighted by molar-refractivity contribution is 7.99. The smallest absolute Gasteiger partial charge is 0.234 e. The van der Waals surface area contributed by atoms with E-state index in [1.54, 1.807) is 18.2 Å². The van der Waals surface area contributed by atoms with Gasteiger partial charge in [0.2, 0.25) is 5.91 Å². The van der Waals surface area contributed by atoms with Gasteiger partial charge in [-0.3, -0.25) is 9.36 Å². The van der Waals surface area contributed by atoms with Crippen molar-refractivity contribution in [2.24, 2.45) is 0 Å². The summed E-state index contributed by atoms with van der Waals surface area (Å²) in [6.45, 7) is 2.11. The molecule has 0 bridgehead atoms. The lowest BCUT2D eigenvalue weighted by Gasteiger charge is -2.12. The highest BCUT2D eigenvalue weighted by Gasteiger charge is 2.17. The van der Waals surface area contributed by atoms with Crippen LogP contribution in [0.2, 0.25) is 10.0 Å². The van der Waals surface area contributed by atoms with Gasteiger partial charge in [0, 0.05) is 5.69 Å². The Kier molecular flexibility index (Phi) is 7.54. The summed E-state index contributed by atoms with van der Waals surface area (Å²) in [7, 11) is 0. The zero-order chi connectivity index (χ0) is 23.2. The summed E-state index contributed by atoms with van der Waals surface area (Å²) in [4.78, 5) is 12.5. The average Bonchev–Trinajstić information content (AvgIpc) is 3.22. The van der Waals surface area contributed by atoms with Crippen molar-refractivity contribution in [3.05, 3.63) is 94.2 Å². The molecular weight excluding hydrogens is 479 g/mol. The first kappa shape index (κ1) is 23.2. The molecule has 0 aliphatic heterocycles. The molecule has 1 amide bonds. The van der Waals surface area contributed by atoms with Gasteiger partial charge in [0.25, 0.3) is 0 Å². The van der Waals surface area contributed by atoms with E-state index >= 15 is 0 Å². The number of halogens is 2. The molecule has 6 nitrogen and oxygen atoms in total. The molecule has 4 aromatic rings. The number of ether oxygens (including phenoxy) is 1. The van der Waals surface area contributed by atoms with E-state index in [1.165, 1.54) is 11.8 Å². The molecule has 1 heterocycles. The minimum atomic E-state index is -0.192. The number of rotatable bonds is 8. The Bertz CT molecular complexity index is 1260. The Morgan fingerprint density at radius 1 is 1.00 bits per heavy atom. The van der Waals surface area contributed by atoms with Crippen LogP contribution in [-0.2, 0) is 11.4 Å². The number of aromatic nitrogens is 3. The molecule has 0 aliphatic carbocycles. The fourth-order valence-corrected chi connectivity index (χ4v) is 4.31. The summed E-state index contributed by atoms with van der Waals surface area (Å²) in [5, 5.41) is 13.0. The Hall–Kier alpha value is -3.00. The molecule has 1 aromatic heterocycles. The largest absolute Gasteiger partial charge is 0.484 e. The predicted molar refractivity (Wildman–Crippen MR) is 133 cm³/mol. The number of thioether (sulfide) groups is 1. The topological polar surface area (TPSA) is 69.0 Å². The van der Waals surface area contributed by atoms with Crippen molar-refractivity contribution in [2.45, 2.75) is 18.7 Å². The van der Waals surface area contributed by atoms with Gasteiger partial charge in [-0.1, -0.05) is 71.4 Å².